The van der Waals surface area contributed by atoms with Gasteiger partial charge in [-0.3, -0.25) is 4.79 Å². The highest BCUT2D eigenvalue weighted by molar-refractivity contribution is 5.76. The molecule has 0 aromatic carbocycles. The van der Waals surface area contributed by atoms with Gasteiger partial charge in [0.05, 0.1) is 6.61 Å². The van der Waals surface area contributed by atoms with Gasteiger partial charge in [0.15, 0.2) is 0 Å². The molecule has 0 aliphatic carbocycles. The molecule has 0 spiro atoms. The fourth-order valence-electron chi connectivity index (χ4n) is 0.414. The van der Waals surface area contributed by atoms with Gasteiger partial charge in [0, 0.05) is 13.5 Å². The van der Waals surface area contributed by atoms with E-state index in [1.165, 1.54) is 0 Å². The lowest BCUT2D eigenvalue weighted by atomic mass is 10.3. The van der Waals surface area contributed by atoms with E-state index in [0.29, 0.717) is 13.0 Å². The van der Waals surface area contributed by atoms with Crippen LogP contribution < -0.4 is 0 Å². The zero-order chi connectivity index (χ0) is 7.11. The monoisotopic (exact) mass is 128 g/mol. The number of rotatable bonds is 4. The minimum atomic E-state index is 0.183. The normalized spacial score (nSPS) is 10.4. The van der Waals surface area contributed by atoms with Crippen LogP contribution >= 0.6 is 0 Å². The Bertz CT molecular complexity index is 105. The number of ketones is 1. The van der Waals surface area contributed by atoms with Gasteiger partial charge in [0.1, 0.15) is 5.78 Å². The van der Waals surface area contributed by atoms with E-state index in [1.54, 1.807) is 14.0 Å². The van der Waals surface area contributed by atoms with Crippen molar-refractivity contribution in [3.63, 3.8) is 0 Å². The lowest BCUT2D eigenvalue weighted by Crippen LogP contribution is -1.86. The summed E-state index contributed by atoms with van der Waals surface area (Å²) in [5.74, 6) is 0.183. The van der Waals surface area contributed by atoms with Gasteiger partial charge in [-0.2, -0.15) is 0 Å². The standard InChI is InChI=1S/C7H12O2/c1-7(8)5-3-4-6-9-2/h3-4H,5-6H2,1-2H3/b4-3+. The van der Waals surface area contributed by atoms with E-state index in [0.717, 1.165) is 0 Å². The number of Topliss-reactive ketones (excluding diaryl/α,β-unsaturated/α-hetero) is 1. The zero-order valence-electron chi connectivity index (χ0n) is 5.89. The van der Waals surface area contributed by atoms with Gasteiger partial charge in [-0.05, 0) is 6.92 Å². The Kier molecular flexibility index (Phi) is 5.12. The minimum Gasteiger partial charge on any atom is -0.381 e. The lowest BCUT2D eigenvalue weighted by molar-refractivity contribution is -0.116. The van der Waals surface area contributed by atoms with Crippen molar-refractivity contribution in [3.8, 4) is 0 Å². The molecule has 9 heavy (non-hydrogen) atoms. The fraction of sp³-hybridized carbons (Fsp3) is 0.571. The Labute approximate surface area is 55.5 Å². The van der Waals surface area contributed by atoms with Crippen LogP contribution in [0.4, 0.5) is 0 Å². The molecule has 0 saturated carbocycles. The third kappa shape index (κ3) is 7.37. The zero-order valence-corrected chi connectivity index (χ0v) is 5.89. The first kappa shape index (κ1) is 8.37. The van der Waals surface area contributed by atoms with Crippen molar-refractivity contribution in [2.24, 2.45) is 0 Å². The summed E-state index contributed by atoms with van der Waals surface area (Å²) in [4.78, 5) is 10.3. The van der Waals surface area contributed by atoms with Crippen LogP contribution in [-0.4, -0.2) is 19.5 Å². The average molecular weight is 128 g/mol. The van der Waals surface area contributed by atoms with Crippen molar-refractivity contribution < 1.29 is 9.53 Å². The van der Waals surface area contributed by atoms with E-state index in [-0.39, 0.29) is 5.78 Å². The van der Waals surface area contributed by atoms with Gasteiger partial charge >= 0.3 is 0 Å². The van der Waals surface area contributed by atoms with Gasteiger partial charge in [0.25, 0.3) is 0 Å². The van der Waals surface area contributed by atoms with E-state index >= 15 is 0 Å². The lowest BCUT2D eigenvalue weighted by Gasteiger charge is -1.86. The summed E-state index contributed by atoms with van der Waals surface area (Å²) in [7, 11) is 1.62. The molecule has 0 aliphatic heterocycles. The fourth-order valence-corrected chi connectivity index (χ4v) is 0.414. The van der Waals surface area contributed by atoms with Crippen molar-refractivity contribution in [3.05, 3.63) is 12.2 Å². The van der Waals surface area contributed by atoms with E-state index < -0.39 is 0 Å². The highest BCUT2D eigenvalue weighted by Gasteiger charge is 1.83. The molecule has 0 aromatic rings. The minimum absolute atomic E-state index is 0.183. The van der Waals surface area contributed by atoms with Crippen LogP contribution in [0.25, 0.3) is 0 Å². The second kappa shape index (κ2) is 5.51. The van der Waals surface area contributed by atoms with Crippen LogP contribution in [0.1, 0.15) is 13.3 Å². The summed E-state index contributed by atoms with van der Waals surface area (Å²) in [6.07, 6.45) is 4.16. The number of carbonyl (C=O) groups is 1. The topological polar surface area (TPSA) is 26.3 Å². The van der Waals surface area contributed by atoms with Crippen LogP contribution in [0.15, 0.2) is 12.2 Å². The van der Waals surface area contributed by atoms with Gasteiger partial charge < -0.3 is 4.74 Å². The van der Waals surface area contributed by atoms with Gasteiger partial charge in [0.2, 0.25) is 0 Å². The number of ether oxygens (including phenoxy) is 1. The van der Waals surface area contributed by atoms with Crippen molar-refractivity contribution in [2.45, 2.75) is 13.3 Å². The Morgan fingerprint density at radius 1 is 1.56 bits per heavy atom. The summed E-state index contributed by atoms with van der Waals surface area (Å²) in [6, 6.07) is 0. The molecule has 0 aromatic heterocycles. The van der Waals surface area contributed by atoms with E-state index in [2.05, 4.69) is 0 Å². The van der Waals surface area contributed by atoms with Crippen molar-refractivity contribution in [1.29, 1.82) is 0 Å². The Morgan fingerprint density at radius 3 is 2.67 bits per heavy atom. The second-order valence-electron chi connectivity index (χ2n) is 1.83. The molecule has 0 unspecified atom stereocenters. The SMILES string of the molecule is COC/C=C/CC(C)=O. The summed E-state index contributed by atoms with van der Waals surface area (Å²) in [5, 5.41) is 0. The van der Waals surface area contributed by atoms with Gasteiger partial charge in [-0.15, -0.1) is 0 Å². The predicted molar refractivity (Wildman–Crippen MR) is 36.3 cm³/mol. The molecule has 0 fully saturated rings. The third-order valence-corrected chi connectivity index (χ3v) is 0.835. The third-order valence-electron chi connectivity index (χ3n) is 0.835. The molecule has 0 N–H and O–H groups in total. The quantitative estimate of drug-likeness (QED) is 0.531. The maximum absolute atomic E-state index is 10.3. The van der Waals surface area contributed by atoms with Gasteiger partial charge in [-0.1, -0.05) is 12.2 Å². The van der Waals surface area contributed by atoms with Crippen LogP contribution in [-0.2, 0) is 9.53 Å². The Balaban J connectivity index is 3.14. The number of allylic oxidation sites excluding steroid dienone is 1. The first-order chi connectivity index (χ1) is 4.27. The number of hydrogen-bond acceptors (Lipinski definition) is 2. The molecule has 0 rings (SSSR count). The second-order valence-corrected chi connectivity index (χ2v) is 1.83. The maximum Gasteiger partial charge on any atom is 0.133 e. The molecule has 0 amide bonds. The van der Waals surface area contributed by atoms with Crippen LogP contribution in [0, 0.1) is 0 Å². The van der Waals surface area contributed by atoms with E-state index in [4.69, 9.17) is 4.74 Å². The highest BCUT2D eigenvalue weighted by Crippen LogP contribution is 1.83. The molecule has 0 saturated heterocycles. The smallest absolute Gasteiger partial charge is 0.133 e. The predicted octanol–water partition coefficient (Wildman–Crippen LogP) is 1.17. The molecule has 0 aliphatic rings. The maximum atomic E-state index is 10.3. The number of carbonyl (C=O) groups excluding carboxylic acids is 1. The molecule has 0 atom stereocenters. The van der Waals surface area contributed by atoms with E-state index in [1.807, 2.05) is 12.2 Å². The van der Waals surface area contributed by atoms with E-state index in [9.17, 15) is 4.79 Å². The number of hydrogen-bond donors (Lipinski definition) is 0. The first-order valence-corrected chi connectivity index (χ1v) is 2.90. The highest BCUT2D eigenvalue weighted by atomic mass is 16.5. The first-order valence-electron chi connectivity index (χ1n) is 2.90. The molecular formula is C7H12O2. The molecule has 52 valence electrons. The van der Waals surface area contributed by atoms with Crippen molar-refractivity contribution in [2.75, 3.05) is 13.7 Å². The van der Waals surface area contributed by atoms with Crippen LogP contribution in [0.2, 0.25) is 0 Å². The molecule has 0 bridgehead atoms. The summed E-state index contributed by atoms with van der Waals surface area (Å²) in [5.41, 5.74) is 0. The summed E-state index contributed by atoms with van der Waals surface area (Å²) >= 11 is 0. The molecule has 2 nitrogen and oxygen atoms in total. The van der Waals surface area contributed by atoms with Crippen molar-refractivity contribution >= 4 is 5.78 Å². The number of methoxy groups -OCH3 is 1. The van der Waals surface area contributed by atoms with Gasteiger partial charge in [-0.25, -0.2) is 0 Å². The van der Waals surface area contributed by atoms with Crippen LogP contribution in [0.3, 0.4) is 0 Å². The molecule has 2 heteroatoms. The Hall–Kier alpha value is -0.630. The summed E-state index contributed by atoms with van der Waals surface area (Å²) in [6.45, 7) is 2.16. The summed E-state index contributed by atoms with van der Waals surface area (Å²) < 4.78 is 4.73. The van der Waals surface area contributed by atoms with Crippen molar-refractivity contribution in [1.82, 2.24) is 0 Å². The molecule has 0 radical (unpaired) electrons. The largest absolute Gasteiger partial charge is 0.381 e. The molecular weight excluding hydrogens is 116 g/mol. The Morgan fingerprint density at radius 2 is 2.22 bits per heavy atom. The average Bonchev–Trinajstić information content (AvgIpc) is 1.80. The van der Waals surface area contributed by atoms with Crippen LogP contribution in [0.5, 0.6) is 0 Å². The molecule has 0 heterocycles.